The van der Waals surface area contributed by atoms with Crippen LogP contribution in [0, 0.1) is 17.5 Å². The molecule has 202 valence electrons. The summed E-state index contributed by atoms with van der Waals surface area (Å²) in [6, 6.07) is 11.2. The van der Waals surface area contributed by atoms with Crippen LogP contribution in [0.3, 0.4) is 0 Å². The third-order valence-corrected chi connectivity index (χ3v) is 7.38. The highest BCUT2D eigenvalue weighted by molar-refractivity contribution is 7.99. The maximum Gasteiger partial charge on any atom is 0.204 e. The number of allylic oxidation sites excluding steroid dienone is 1. The van der Waals surface area contributed by atoms with E-state index < -0.39 is 17.5 Å². The van der Waals surface area contributed by atoms with Gasteiger partial charge in [-0.2, -0.15) is 4.39 Å². The number of fused-ring (bicyclic) bond motifs is 2. The van der Waals surface area contributed by atoms with Gasteiger partial charge in [0.1, 0.15) is 23.2 Å². The normalized spacial score (nSPS) is 15.5. The molecule has 4 N–H and O–H groups in total. The van der Waals surface area contributed by atoms with Crippen molar-refractivity contribution in [2.75, 3.05) is 19.5 Å². The zero-order chi connectivity index (χ0) is 27.5. The first-order chi connectivity index (χ1) is 18.9. The standard InChI is InChI=1S/C29H26F3N3O3S/c1-39-28-20-8-12-34-25(20)23(31)24(32)27(28)38-18-5-6-22(30)21(15-18)29(33)35-11-7-16-10-14-37-26-17(9-13-36)3-2-4-19(16)26/h2-8,11-12,15-16,34,36H,9-10,13-14H2,1H3,(H2,33,35)/b11-7+. The zero-order valence-corrected chi connectivity index (χ0v) is 21.8. The molecule has 3 aromatic carbocycles. The van der Waals surface area contributed by atoms with E-state index >= 15 is 0 Å². The van der Waals surface area contributed by atoms with Crippen molar-refractivity contribution in [1.29, 1.82) is 0 Å². The molecule has 39 heavy (non-hydrogen) atoms. The Bertz CT molecular complexity index is 1590. The van der Waals surface area contributed by atoms with E-state index in [9.17, 15) is 18.3 Å². The van der Waals surface area contributed by atoms with Crippen LogP contribution < -0.4 is 15.2 Å². The number of halogens is 3. The Morgan fingerprint density at radius 1 is 1.23 bits per heavy atom. The number of aliphatic hydroxyl groups is 1. The van der Waals surface area contributed by atoms with Gasteiger partial charge in [-0.15, -0.1) is 11.8 Å². The van der Waals surface area contributed by atoms with Crippen LogP contribution >= 0.6 is 11.8 Å². The van der Waals surface area contributed by atoms with Gasteiger partial charge in [0, 0.05) is 35.9 Å². The summed E-state index contributed by atoms with van der Waals surface area (Å²) >= 11 is 1.20. The number of benzene rings is 3. The SMILES string of the molecule is CSc1c(Oc2ccc(F)c(C(N)=N/C=C/C3CCOc4c(CCO)cccc43)c2)c(F)c(F)c2[nH]ccc12. The number of para-hydroxylation sites is 1. The van der Waals surface area contributed by atoms with Crippen molar-refractivity contribution in [2.45, 2.75) is 23.7 Å². The minimum absolute atomic E-state index is 0.00893. The number of nitrogens with one attached hydrogen (secondary N) is 1. The fraction of sp³-hybridized carbons (Fsp3) is 0.207. The second-order valence-electron chi connectivity index (χ2n) is 8.91. The topological polar surface area (TPSA) is 92.9 Å². The molecule has 0 radical (unpaired) electrons. The summed E-state index contributed by atoms with van der Waals surface area (Å²) in [6.45, 7) is 0.539. The number of hydrogen-bond donors (Lipinski definition) is 3. The van der Waals surface area contributed by atoms with Crippen LogP contribution in [0.25, 0.3) is 10.9 Å². The Hall–Kier alpha value is -3.89. The van der Waals surface area contributed by atoms with Crippen molar-refractivity contribution in [3.8, 4) is 17.2 Å². The van der Waals surface area contributed by atoms with E-state index in [1.54, 1.807) is 12.3 Å². The monoisotopic (exact) mass is 553 g/mol. The van der Waals surface area contributed by atoms with E-state index in [1.807, 2.05) is 24.3 Å². The first-order valence-electron chi connectivity index (χ1n) is 12.3. The Labute approximate surface area is 227 Å². The highest BCUT2D eigenvalue weighted by Crippen LogP contribution is 2.42. The molecule has 5 rings (SSSR count). The summed E-state index contributed by atoms with van der Waals surface area (Å²) in [6.07, 6.45) is 7.85. The van der Waals surface area contributed by atoms with Gasteiger partial charge >= 0.3 is 0 Å². The molecular formula is C29H26F3N3O3S. The van der Waals surface area contributed by atoms with Crippen LogP contribution in [0.5, 0.6) is 17.2 Å². The third kappa shape index (κ3) is 5.22. The summed E-state index contributed by atoms with van der Waals surface area (Å²) in [4.78, 5) is 7.32. The molecule has 10 heteroatoms. The van der Waals surface area contributed by atoms with Gasteiger partial charge in [0.15, 0.2) is 11.6 Å². The predicted molar refractivity (Wildman–Crippen MR) is 146 cm³/mol. The van der Waals surface area contributed by atoms with Gasteiger partial charge in [0.25, 0.3) is 0 Å². The quantitative estimate of drug-likeness (QED) is 0.133. The van der Waals surface area contributed by atoms with E-state index in [1.165, 1.54) is 36.3 Å². The highest BCUT2D eigenvalue weighted by Gasteiger charge is 2.23. The Morgan fingerprint density at radius 3 is 2.87 bits per heavy atom. The van der Waals surface area contributed by atoms with Crippen LogP contribution in [0.4, 0.5) is 13.2 Å². The lowest BCUT2D eigenvalue weighted by Crippen LogP contribution is -2.16. The molecule has 1 aliphatic heterocycles. The molecule has 0 fully saturated rings. The molecule has 0 aliphatic carbocycles. The molecule has 0 spiro atoms. The van der Waals surface area contributed by atoms with Gasteiger partial charge < -0.3 is 25.3 Å². The molecule has 0 saturated heterocycles. The largest absolute Gasteiger partial charge is 0.493 e. The first kappa shape index (κ1) is 26.7. The number of aliphatic imine (C=N–C) groups is 1. The van der Waals surface area contributed by atoms with E-state index in [4.69, 9.17) is 15.2 Å². The van der Waals surface area contributed by atoms with Crippen LogP contribution in [0.15, 0.2) is 70.8 Å². The zero-order valence-electron chi connectivity index (χ0n) is 21.0. The van der Waals surface area contributed by atoms with Gasteiger partial charge in [0.05, 0.1) is 22.6 Å². The van der Waals surface area contributed by atoms with Crippen LogP contribution in [0.1, 0.15) is 29.0 Å². The first-order valence-corrected chi connectivity index (χ1v) is 13.5. The number of ether oxygens (including phenoxy) is 2. The number of thioether (sulfide) groups is 1. The van der Waals surface area contributed by atoms with Crippen molar-refractivity contribution in [1.82, 2.24) is 4.98 Å². The van der Waals surface area contributed by atoms with E-state index in [0.29, 0.717) is 23.3 Å². The molecule has 2 heterocycles. The molecule has 4 aromatic rings. The second-order valence-corrected chi connectivity index (χ2v) is 9.73. The fourth-order valence-corrected chi connectivity index (χ4v) is 5.38. The minimum atomic E-state index is -1.15. The van der Waals surface area contributed by atoms with Crippen molar-refractivity contribution < 1.29 is 27.8 Å². The number of H-pyrrole nitrogens is 1. The van der Waals surface area contributed by atoms with Crippen molar-refractivity contribution in [3.63, 3.8) is 0 Å². The lowest BCUT2D eigenvalue weighted by molar-refractivity contribution is 0.267. The number of aromatic amines is 1. The average Bonchev–Trinajstić information content (AvgIpc) is 3.43. The third-order valence-electron chi connectivity index (χ3n) is 6.56. The minimum Gasteiger partial charge on any atom is -0.493 e. The van der Waals surface area contributed by atoms with Crippen LogP contribution in [-0.2, 0) is 6.42 Å². The summed E-state index contributed by atoms with van der Waals surface area (Å²) in [5.41, 5.74) is 8.04. The lowest BCUT2D eigenvalue weighted by atomic mass is 9.90. The molecule has 0 bridgehead atoms. The smallest absolute Gasteiger partial charge is 0.204 e. The number of nitrogens with zero attached hydrogens (tertiary/aromatic N) is 1. The van der Waals surface area contributed by atoms with Crippen molar-refractivity contribution in [2.24, 2.45) is 10.7 Å². The van der Waals surface area contributed by atoms with Gasteiger partial charge in [-0.25, -0.2) is 13.8 Å². The molecule has 1 unspecified atom stereocenters. The molecule has 0 saturated carbocycles. The van der Waals surface area contributed by atoms with Gasteiger partial charge in [-0.3, -0.25) is 0 Å². The van der Waals surface area contributed by atoms with E-state index in [-0.39, 0.29) is 40.9 Å². The number of aliphatic hydroxyl groups excluding tert-OH is 1. The average molecular weight is 554 g/mol. The summed E-state index contributed by atoms with van der Waals surface area (Å²) in [7, 11) is 0. The van der Waals surface area contributed by atoms with Gasteiger partial charge in [-0.1, -0.05) is 24.3 Å². The van der Waals surface area contributed by atoms with Gasteiger partial charge in [0.2, 0.25) is 5.82 Å². The molecule has 1 aromatic heterocycles. The predicted octanol–water partition coefficient (Wildman–Crippen LogP) is 6.42. The summed E-state index contributed by atoms with van der Waals surface area (Å²) in [5, 5.41) is 9.80. The number of aromatic nitrogens is 1. The Kier molecular flexibility index (Phi) is 7.85. The summed E-state index contributed by atoms with van der Waals surface area (Å²) < 4.78 is 55.8. The van der Waals surface area contributed by atoms with Crippen molar-refractivity contribution >= 4 is 28.5 Å². The molecule has 1 atom stereocenters. The molecule has 0 amide bonds. The summed E-state index contributed by atoms with van der Waals surface area (Å²) in [5.74, 6) is -2.39. The maximum absolute atomic E-state index is 14.9. The number of nitrogens with two attached hydrogens (primary N) is 1. The van der Waals surface area contributed by atoms with Crippen LogP contribution in [0.2, 0.25) is 0 Å². The number of rotatable bonds is 8. The molecular weight excluding hydrogens is 527 g/mol. The fourth-order valence-electron chi connectivity index (χ4n) is 4.68. The molecule has 1 aliphatic rings. The van der Waals surface area contributed by atoms with Crippen molar-refractivity contribution in [3.05, 3.63) is 95.1 Å². The van der Waals surface area contributed by atoms with E-state index in [2.05, 4.69) is 9.98 Å². The highest BCUT2D eigenvalue weighted by atomic mass is 32.2. The molecule has 6 nitrogen and oxygen atoms in total. The van der Waals surface area contributed by atoms with Gasteiger partial charge in [-0.05, 0) is 48.9 Å². The number of amidine groups is 1. The Morgan fingerprint density at radius 2 is 2.08 bits per heavy atom. The lowest BCUT2D eigenvalue weighted by Gasteiger charge is -2.25. The second kappa shape index (κ2) is 11.5. The maximum atomic E-state index is 14.9. The van der Waals surface area contributed by atoms with E-state index in [0.717, 1.165) is 29.4 Å². The Balaban J connectivity index is 1.41. The van der Waals surface area contributed by atoms with Crippen LogP contribution in [-0.4, -0.2) is 35.4 Å². The number of hydrogen-bond acceptors (Lipinski definition) is 5.